The van der Waals surface area contributed by atoms with Crippen LogP contribution in [0.25, 0.3) is 0 Å². The fourth-order valence-corrected chi connectivity index (χ4v) is 1.76. The summed E-state index contributed by atoms with van der Waals surface area (Å²) in [5, 5.41) is 0. The molecule has 0 spiro atoms. The van der Waals surface area contributed by atoms with Crippen molar-refractivity contribution in [3.05, 3.63) is 23.8 Å². The number of hydrogen-bond acceptors (Lipinski definition) is 2. The van der Waals surface area contributed by atoms with Gasteiger partial charge in [0.05, 0.1) is 12.3 Å². The highest BCUT2D eigenvalue weighted by Gasteiger charge is 2.42. The first-order valence-corrected chi connectivity index (χ1v) is 5.01. The number of para-hydroxylation sites is 1. The van der Waals surface area contributed by atoms with Gasteiger partial charge in [-0.15, -0.1) is 0 Å². The van der Waals surface area contributed by atoms with Crippen molar-refractivity contribution in [3.8, 4) is 5.75 Å². The second kappa shape index (κ2) is 3.94. The molecule has 1 aromatic carbocycles. The molecule has 1 aliphatic rings. The van der Waals surface area contributed by atoms with E-state index >= 15 is 0 Å². The number of fused-ring (bicyclic) bond motifs is 1. The van der Waals surface area contributed by atoms with Crippen LogP contribution < -0.4 is 9.64 Å². The Balaban J connectivity index is 2.35. The molecule has 1 aromatic rings. The third kappa shape index (κ3) is 2.07. The molecule has 0 fully saturated rings. The van der Waals surface area contributed by atoms with Crippen LogP contribution in [-0.4, -0.2) is 25.7 Å². The fourth-order valence-electron chi connectivity index (χ4n) is 1.76. The van der Waals surface area contributed by atoms with E-state index in [0.29, 0.717) is 23.7 Å². The van der Waals surface area contributed by atoms with E-state index in [2.05, 4.69) is 0 Å². The molecule has 0 unspecified atom stereocenters. The highest BCUT2D eigenvalue weighted by Crippen LogP contribution is 2.36. The molecule has 2 rings (SSSR count). The highest BCUT2D eigenvalue weighted by atomic mass is 19.4. The van der Waals surface area contributed by atoms with E-state index < -0.39 is 12.1 Å². The van der Waals surface area contributed by atoms with E-state index in [4.69, 9.17) is 4.74 Å². The molecule has 1 amide bonds. The van der Waals surface area contributed by atoms with E-state index in [1.54, 1.807) is 12.1 Å². The second-order valence-electron chi connectivity index (χ2n) is 3.73. The summed E-state index contributed by atoms with van der Waals surface area (Å²) in [6, 6.07) is 4.83. The summed E-state index contributed by atoms with van der Waals surface area (Å²) in [6.07, 6.45) is -4.23. The van der Waals surface area contributed by atoms with Crippen molar-refractivity contribution < 1.29 is 22.7 Å². The molecule has 0 aliphatic carbocycles. The van der Waals surface area contributed by atoms with Gasteiger partial charge in [0.2, 0.25) is 0 Å². The molecule has 0 N–H and O–H groups in total. The molecule has 17 heavy (non-hydrogen) atoms. The summed E-state index contributed by atoms with van der Waals surface area (Å²) in [7, 11) is 1.09. The maximum atomic E-state index is 12.3. The Bertz CT molecular complexity index is 457. The number of rotatable bonds is 1. The molecular weight excluding hydrogens is 235 g/mol. The van der Waals surface area contributed by atoms with Gasteiger partial charge in [0.1, 0.15) is 5.75 Å². The van der Waals surface area contributed by atoms with E-state index in [1.165, 1.54) is 6.07 Å². The van der Waals surface area contributed by atoms with Gasteiger partial charge in [-0.2, -0.15) is 13.2 Å². The number of hydrogen-bond donors (Lipinski definition) is 0. The van der Waals surface area contributed by atoms with E-state index in [-0.39, 0.29) is 5.69 Å². The zero-order valence-corrected chi connectivity index (χ0v) is 9.04. The SMILES string of the molecule is CN(C(=O)C(F)(F)F)c1cccc2c1OCC2. The van der Waals surface area contributed by atoms with Crippen LogP contribution in [0, 0.1) is 0 Å². The molecule has 0 radical (unpaired) electrons. The van der Waals surface area contributed by atoms with Crippen LogP contribution in [-0.2, 0) is 11.2 Å². The number of nitrogens with zero attached hydrogens (tertiary/aromatic N) is 1. The maximum absolute atomic E-state index is 12.3. The van der Waals surface area contributed by atoms with Crippen molar-refractivity contribution in [2.24, 2.45) is 0 Å². The van der Waals surface area contributed by atoms with Crippen molar-refractivity contribution in [1.29, 1.82) is 0 Å². The average Bonchev–Trinajstić information content (AvgIpc) is 2.73. The average molecular weight is 245 g/mol. The maximum Gasteiger partial charge on any atom is 0.471 e. The number of anilines is 1. The summed E-state index contributed by atoms with van der Waals surface area (Å²) in [5.74, 6) is -1.53. The molecule has 0 saturated carbocycles. The summed E-state index contributed by atoms with van der Waals surface area (Å²) in [5.41, 5.74) is 0.978. The lowest BCUT2D eigenvalue weighted by Gasteiger charge is -2.20. The van der Waals surface area contributed by atoms with Crippen LogP contribution >= 0.6 is 0 Å². The Labute approximate surface area is 95.8 Å². The predicted molar refractivity (Wildman–Crippen MR) is 55.1 cm³/mol. The molecule has 1 heterocycles. The Morgan fingerprint density at radius 1 is 1.41 bits per heavy atom. The largest absolute Gasteiger partial charge is 0.491 e. The van der Waals surface area contributed by atoms with Gasteiger partial charge in [0.15, 0.2) is 0 Å². The smallest absolute Gasteiger partial charge is 0.471 e. The molecule has 6 heteroatoms. The van der Waals surface area contributed by atoms with Crippen LogP contribution in [0.3, 0.4) is 0 Å². The number of carbonyl (C=O) groups is 1. The minimum absolute atomic E-state index is 0.155. The van der Waals surface area contributed by atoms with Gasteiger partial charge in [-0.1, -0.05) is 12.1 Å². The molecule has 0 atom stereocenters. The number of amides is 1. The van der Waals surface area contributed by atoms with Crippen LogP contribution in [0.4, 0.5) is 18.9 Å². The van der Waals surface area contributed by atoms with E-state index in [0.717, 1.165) is 12.6 Å². The number of carbonyl (C=O) groups excluding carboxylic acids is 1. The Morgan fingerprint density at radius 3 is 2.76 bits per heavy atom. The normalized spacial score (nSPS) is 14.1. The molecule has 3 nitrogen and oxygen atoms in total. The van der Waals surface area contributed by atoms with Gasteiger partial charge in [0.25, 0.3) is 0 Å². The first kappa shape index (κ1) is 11.8. The lowest BCUT2D eigenvalue weighted by atomic mass is 10.1. The van der Waals surface area contributed by atoms with Crippen LogP contribution in [0.1, 0.15) is 5.56 Å². The predicted octanol–water partition coefficient (Wildman–Crippen LogP) is 2.15. The number of benzene rings is 1. The van der Waals surface area contributed by atoms with Crippen LogP contribution in [0.15, 0.2) is 18.2 Å². The minimum atomic E-state index is -4.88. The first-order valence-electron chi connectivity index (χ1n) is 5.01. The second-order valence-corrected chi connectivity index (χ2v) is 3.73. The monoisotopic (exact) mass is 245 g/mol. The van der Waals surface area contributed by atoms with Gasteiger partial charge in [-0.05, 0) is 11.6 Å². The van der Waals surface area contributed by atoms with Gasteiger partial charge in [0, 0.05) is 13.5 Å². The molecule has 1 aliphatic heterocycles. The molecule has 0 saturated heterocycles. The van der Waals surface area contributed by atoms with Crippen LogP contribution in [0.5, 0.6) is 5.75 Å². The Hall–Kier alpha value is -1.72. The zero-order valence-electron chi connectivity index (χ0n) is 9.04. The fraction of sp³-hybridized carbons (Fsp3) is 0.364. The van der Waals surface area contributed by atoms with Crippen molar-refractivity contribution in [2.45, 2.75) is 12.6 Å². The van der Waals surface area contributed by atoms with Crippen molar-refractivity contribution in [2.75, 3.05) is 18.6 Å². The third-order valence-electron chi connectivity index (χ3n) is 2.60. The van der Waals surface area contributed by atoms with Gasteiger partial charge in [-0.3, -0.25) is 4.79 Å². The Morgan fingerprint density at radius 2 is 2.12 bits per heavy atom. The molecular formula is C11H10F3NO2. The van der Waals surface area contributed by atoms with Crippen molar-refractivity contribution >= 4 is 11.6 Å². The minimum Gasteiger partial charge on any atom is -0.491 e. The Kier molecular flexibility index (Phi) is 2.73. The topological polar surface area (TPSA) is 29.5 Å². The van der Waals surface area contributed by atoms with Crippen molar-refractivity contribution in [3.63, 3.8) is 0 Å². The third-order valence-corrected chi connectivity index (χ3v) is 2.60. The molecule has 0 aromatic heterocycles. The van der Waals surface area contributed by atoms with E-state index in [9.17, 15) is 18.0 Å². The quantitative estimate of drug-likeness (QED) is 0.758. The first-order chi connectivity index (χ1) is 7.91. The lowest BCUT2D eigenvalue weighted by molar-refractivity contribution is -0.170. The lowest BCUT2D eigenvalue weighted by Crippen LogP contribution is -2.38. The van der Waals surface area contributed by atoms with Gasteiger partial charge < -0.3 is 9.64 Å². The van der Waals surface area contributed by atoms with Crippen LogP contribution in [0.2, 0.25) is 0 Å². The van der Waals surface area contributed by atoms with Gasteiger partial charge >= 0.3 is 12.1 Å². The van der Waals surface area contributed by atoms with Gasteiger partial charge in [-0.25, -0.2) is 0 Å². The number of ether oxygens (including phenoxy) is 1. The zero-order chi connectivity index (χ0) is 12.6. The summed E-state index contributed by atoms with van der Waals surface area (Å²) in [6.45, 7) is 0.431. The van der Waals surface area contributed by atoms with Crippen molar-refractivity contribution in [1.82, 2.24) is 0 Å². The number of alkyl halides is 3. The summed E-state index contributed by atoms with van der Waals surface area (Å²) in [4.78, 5) is 11.7. The molecule has 92 valence electrons. The summed E-state index contributed by atoms with van der Waals surface area (Å²) < 4.78 is 42.2. The standard InChI is InChI=1S/C11H10F3NO2/c1-15(10(16)11(12,13)14)8-4-2-3-7-5-6-17-9(7)8/h2-4H,5-6H2,1H3. The highest BCUT2D eigenvalue weighted by molar-refractivity contribution is 5.98. The molecule has 0 bridgehead atoms. The summed E-state index contributed by atoms with van der Waals surface area (Å²) >= 11 is 0. The van der Waals surface area contributed by atoms with E-state index in [1.807, 2.05) is 0 Å². The number of halogens is 3.